The van der Waals surface area contributed by atoms with Gasteiger partial charge in [-0.1, -0.05) is 43.8 Å². The van der Waals surface area contributed by atoms with Gasteiger partial charge >= 0.3 is 0 Å². The number of hydrogen-bond acceptors (Lipinski definition) is 3. The summed E-state index contributed by atoms with van der Waals surface area (Å²) in [5.41, 5.74) is 3.20. The molecule has 1 heterocycles. The smallest absolute Gasteiger partial charge is 0.282 e. The largest absolute Gasteiger partial charge is 0.324 e. The Morgan fingerprint density at radius 1 is 1.30 bits per heavy atom. The van der Waals surface area contributed by atoms with E-state index in [0.717, 1.165) is 35.4 Å². The molecule has 0 aliphatic carbocycles. The zero-order valence-corrected chi connectivity index (χ0v) is 12.8. The van der Waals surface area contributed by atoms with E-state index in [-0.39, 0.29) is 17.7 Å². The third-order valence-corrected chi connectivity index (χ3v) is 4.33. The molecule has 0 saturated carbocycles. The Kier molecular flexibility index (Phi) is 5.06. The SMILES string of the molecule is CCc1cccc(CC)c1NC(=O)CN1CCSC1=O. The molecule has 5 heteroatoms. The van der Waals surface area contributed by atoms with Crippen LogP contribution >= 0.6 is 11.8 Å². The van der Waals surface area contributed by atoms with Gasteiger partial charge in [0.05, 0.1) is 0 Å². The van der Waals surface area contributed by atoms with E-state index in [9.17, 15) is 9.59 Å². The van der Waals surface area contributed by atoms with E-state index in [1.807, 2.05) is 18.2 Å². The van der Waals surface area contributed by atoms with Crippen molar-refractivity contribution in [2.45, 2.75) is 26.7 Å². The number of thioether (sulfide) groups is 1. The van der Waals surface area contributed by atoms with Gasteiger partial charge in [-0.2, -0.15) is 0 Å². The zero-order chi connectivity index (χ0) is 14.5. The Labute approximate surface area is 123 Å². The molecule has 0 unspecified atom stereocenters. The molecule has 1 aliphatic rings. The second-order valence-corrected chi connectivity index (χ2v) is 5.79. The van der Waals surface area contributed by atoms with Crippen LogP contribution in [0, 0.1) is 0 Å². The van der Waals surface area contributed by atoms with Crippen molar-refractivity contribution in [2.75, 3.05) is 24.2 Å². The number of rotatable bonds is 5. The van der Waals surface area contributed by atoms with Crippen molar-refractivity contribution in [3.8, 4) is 0 Å². The molecule has 0 aromatic heterocycles. The predicted octanol–water partition coefficient (Wildman–Crippen LogP) is 2.92. The van der Waals surface area contributed by atoms with E-state index in [1.165, 1.54) is 11.8 Å². The highest BCUT2D eigenvalue weighted by Gasteiger charge is 2.23. The van der Waals surface area contributed by atoms with Crippen LogP contribution in [0.3, 0.4) is 0 Å². The Morgan fingerprint density at radius 2 is 1.95 bits per heavy atom. The number of nitrogens with zero attached hydrogens (tertiary/aromatic N) is 1. The number of anilines is 1. The first-order chi connectivity index (χ1) is 9.65. The summed E-state index contributed by atoms with van der Waals surface area (Å²) < 4.78 is 0. The first-order valence-corrected chi connectivity index (χ1v) is 7.96. The molecule has 108 valence electrons. The van der Waals surface area contributed by atoms with Crippen molar-refractivity contribution < 1.29 is 9.59 Å². The first-order valence-electron chi connectivity index (χ1n) is 6.98. The molecule has 4 nitrogen and oxygen atoms in total. The highest BCUT2D eigenvalue weighted by molar-refractivity contribution is 8.13. The molecule has 0 spiro atoms. The summed E-state index contributed by atoms with van der Waals surface area (Å²) in [4.78, 5) is 25.3. The number of hydrogen-bond donors (Lipinski definition) is 1. The van der Waals surface area contributed by atoms with Gasteiger partial charge in [-0.05, 0) is 24.0 Å². The van der Waals surface area contributed by atoms with Crippen LogP contribution in [0.1, 0.15) is 25.0 Å². The quantitative estimate of drug-likeness (QED) is 0.908. The average molecular weight is 292 g/mol. The van der Waals surface area contributed by atoms with E-state index in [2.05, 4.69) is 19.2 Å². The minimum Gasteiger partial charge on any atom is -0.324 e. The highest BCUT2D eigenvalue weighted by Crippen LogP contribution is 2.23. The molecule has 1 N–H and O–H groups in total. The van der Waals surface area contributed by atoms with Gasteiger partial charge in [0.15, 0.2) is 0 Å². The molecule has 0 atom stereocenters. The lowest BCUT2D eigenvalue weighted by Gasteiger charge is -2.17. The van der Waals surface area contributed by atoms with Crippen molar-refractivity contribution >= 4 is 28.6 Å². The average Bonchev–Trinajstić information content (AvgIpc) is 2.84. The maximum absolute atomic E-state index is 12.1. The van der Waals surface area contributed by atoms with Gasteiger partial charge in [0.1, 0.15) is 6.54 Å². The van der Waals surface area contributed by atoms with E-state index in [4.69, 9.17) is 0 Å². The molecule has 2 rings (SSSR count). The van der Waals surface area contributed by atoms with E-state index >= 15 is 0 Å². The van der Waals surface area contributed by atoms with Gasteiger partial charge in [0, 0.05) is 18.0 Å². The monoisotopic (exact) mass is 292 g/mol. The summed E-state index contributed by atoms with van der Waals surface area (Å²) in [6, 6.07) is 6.09. The summed E-state index contributed by atoms with van der Waals surface area (Å²) in [5, 5.41) is 2.99. The van der Waals surface area contributed by atoms with Crippen LogP contribution < -0.4 is 5.32 Å². The number of aryl methyl sites for hydroxylation is 2. The van der Waals surface area contributed by atoms with Gasteiger partial charge in [0.2, 0.25) is 5.91 Å². The fourth-order valence-corrected chi connectivity index (χ4v) is 3.15. The summed E-state index contributed by atoms with van der Waals surface area (Å²) in [5.74, 6) is 0.661. The zero-order valence-electron chi connectivity index (χ0n) is 11.9. The topological polar surface area (TPSA) is 49.4 Å². The molecule has 1 aromatic carbocycles. The lowest BCUT2D eigenvalue weighted by Crippen LogP contribution is -2.33. The Morgan fingerprint density at radius 3 is 2.45 bits per heavy atom. The van der Waals surface area contributed by atoms with Crippen molar-refractivity contribution in [1.29, 1.82) is 0 Å². The molecule has 1 aliphatic heterocycles. The summed E-state index contributed by atoms with van der Waals surface area (Å²) in [6.45, 7) is 4.95. The van der Waals surface area contributed by atoms with E-state index < -0.39 is 0 Å². The number of amides is 2. The summed E-state index contributed by atoms with van der Waals surface area (Å²) >= 11 is 1.28. The number of para-hydroxylation sites is 1. The van der Waals surface area contributed by atoms with Crippen molar-refractivity contribution in [3.63, 3.8) is 0 Å². The number of carbonyl (C=O) groups is 2. The van der Waals surface area contributed by atoms with Crippen molar-refractivity contribution in [1.82, 2.24) is 4.90 Å². The minimum absolute atomic E-state index is 0.000332. The molecular weight excluding hydrogens is 272 g/mol. The molecule has 1 aromatic rings. The maximum atomic E-state index is 12.1. The van der Waals surface area contributed by atoms with Gasteiger partial charge < -0.3 is 10.2 Å². The van der Waals surface area contributed by atoms with Crippen LogP contribution in [0.5, 0.6) is 0 Å². The molecular formula is C15H20N2O2S. The van der Waals surface area contributed by atoms with Gasteiger partial charge in [-0.3, -0.25) is 9.59 Å². The van der Waals surface area contributed by atoms with Gasteiger partial charge in [0.25, 0.3) is 5.24 Å². The standard InChI is InChI=1S/C15H20N2O2S/c1-3-11-6-5-7-12(4-2)14(11)16-13(18)10-17-8-9-20-15(17)19/h5-7H,3-4,8-10H2,1-2H3,(H,16,18). The lowest BCUT2D eigenvalue weighted by atomic mass is 10.0. The molecule has 0 radical (unpaired) electrons. The van der Waals surface area contributed by atoms with Crippen LogP contribution in [0.25, 0.3) is 0 Å². The van der Waals surface area contributed by atoms with Crippen molar-refractivity contribution in [2.24, 2.45) is 0 Å². The van der Waals surface area contributed by atoms with Crippen LogP contribution in [-0.2, 0) is 17.6 Å². The summed E-state index contributed by atoms with van der Waals surface area (Å²) in [7, 11) is 0. The highest BCUT2D eigenvalue weighted by atomic mass is 32.2. The molecule has 0 bridgehead atoms. The fourth-order valence-electron chi connectivity index (χ4n) is 2.32. The Bertz CT molecular complexity index is 494. The van der Waals surface area contributed by atoms with Gasteiger partial charge in [-0.15, -0.1) is 0 Å². The fraction of sp³-hybridized carbons (Fsp3) is 0.467. The number of carbonyl (C=O) groups excluding carboxylic acids is 2. The Balaban J connectivity index is 2.09. The lowest BCUT2D eigenvalue weighted by molar-refractivity contribution is -0.116. The van der Waals surface area contributed by atoms with E-state index in [1.54, 1.807) is 4.90 Å². The van der Waals surface area contributed by atoms with Crippen LogP contribution in [0.15, 0.2) is 18.2 Å². The maximum Gasteiger partial charge on any atom is 0.282 e. The van der Waals surface area contributed by atoms with Crippen LogP contribution in [-0.4, -0.2) is 34.9 Å². The number of benzene rings is 1. The Hall–Kier alpha value is -1.49. The van der Waals surface area contributed by atoms with Crippen LogP contribution in [0.4, 0.5) is 10.5 Å². The second kappa shape index (κ2) is 6.79. The van der Waals surface area contributed by atoms with Crippen LogP contribution in [0.2, 0.25) is 0 Å². The predicted molar refractivity (Wildman–Crippen MR) is 83.3 cm³/mol. The molecule has 2 amide bonds. The summed E-state index contributed by atoms with van der Waals surface area (Å²) in [6.07, 6.45) is 1.75. The van der Waals surface area contributed by atoms with Gasteiger partial charge in [-0.25, -0.2) is 0 Å². The number of nitrogens with one attached hydrogen (secondary N) is 1. The molecule has 1 fully saturated rings. The third-order valence-electron chi connectivity index (χ3n) is 3.44. The molecule has 20 heavy (non-hydrogen) atoms. The third kappa shape index (κ3) is 3.33. The normalized spacial score (nSPS) is 14.7. The first kappa shape index (κ1) is 14.9. The second-order valence-electron chi connectivity index (χ2n) is 4.74. The van der Waals surface area contributed by atoms with Crippen molar-refractivity contribution in [3.05, 3.63) is 29.3 Å². The molecule has 1 saturated heterocycles. The minimum atomic E-state index is -0.114. The van der Waals surface area contributed by atoms with E-state index in [0.29, 0.717) is 6.54 Å².